The third-order valence-electron chi connectivity index (χ3n) is 5.28. The molecule has 1 heterocycles. The van der Waals surface area contributed by atoms with Crippen LogP contribution in [0.1, 0.15) is 44.5 Å². The highest BCUT2D eigenvalue weighted by Crippen LogP contribution is 2.29. The number of hydrogen-bond acceptors (Lipinski definition) is 6. The van der Waals surface area contributed by atoms with Crippen molar-refractivity contribution in [2.45, 2.75) is 60.7 Å². The topological polar surface area (TPSA) is 93.9 Å². The van der Waals surface area contributed by atoms with E-state index in [1.165, 1.54) is 11.8 Å². The number of rotatable bonds is 11. The Morgan fingerprint density at radius 1 is 1.12 bits per heavy atom. The molecule has 2 aromatic carbocycles. The second kappa shape index (κ2) is 11.5. The van der Waals surface area contributed by atoms with Crippen LogP contribution in [0.3, 0.4) is 0 Å². The fraction of sp³-hybridized carbons (Fsp3) is 0.320. The molecule has 0 spiro atoms. The number of carbonyl (C=O) groups excluding carboxylic acids is 1. The summed E-state index contributed by atoms with van der Waals surface area (Å²) in [6.07, 6.45) is 2.23. The third-order valence-corrected chi connectivity index (χ3v) is 8.25. The van der Waals surface area contributed by atoms with Crippen molar-refractivity contribution in [2.24, 2.45) is 0 Å². The van der Waals surface area contributed by atoms with Crippen molar-refractivity contribution in [1.29, 1.82) is 0 Å². The van der Waals surface area contributed by atoms with Crippen molar-refractivity contribution in [3.63, 3.8) is 0 Å². The van der Waals surface area contributed by atoms with Gasteiger partial charge in [-0.1, -0.05) is 75.0 Å². The number of amides is 1. The molecular weight excluding hydrogens is 468 g/mol. The van der Waals surface area contributed by atoms with E-state index in [-0.39, 0.29) is 22.5 Å². The van der Waals surface area contributed by atoms with Crippen molar-refractivity contribution < 1.29 is 13.2 Å². The number of thioether (sulfide) groups is 1. The molecule has 0 aliphatic carbocycles. The van der Waals surface area contributed by atoms with Crippen molar-refractivity contribution >= 4 is 33.2 Å². The minimum atomic E-state index is -3.59. The van der Waals surface area contributed by atoms with Gasteiger partial charge < -0.3 is 9.88 Å². The number of sulfone groups is 1. The average Bonchev–Trinajstić information content (AvgIpc) is 3.18. The molecule has 34 heavy (non-hydrogen) atoms. The lowest BCUT2D eigenvalue weighted by atomic mass is 10.0. The number of allylic oxidation sites excluding steroid dienone is 1. The number of hydrogen-bond donors (Lipinski definition) is 1. The summed E-state index contributed by atoms with van der Waals surface area (Å²) in [6, 6.07) is 16.0. The van der Waals surface area contributed by atoms with E-state index in [4.69, 9.17) is 0 Å². The maximum atomic E-state index is 13.1. The van der Waals surface area contributed by atoms with E-state index in [0.29, 0.717) is 23.9 Å². The molecule has 1 amide bonds. The van der Waals surface area contributed by atoms with E-state index in [1.54, 1.807) is 41.0 Å². The fourth-order valence-corrected chi connectivity index (χ4v) is 5.76. The van der Waals surface area contributed by atoms with Gasteiger partial charge in [0.2, 0.25) is 5.91 Å². The summed E-state index contributed by atoms with van der Waals surface area (Å²) < 4.78 is 27.4. The number of aromatic nitrogens is 3. The van der Waals surface area contributed by atoms with Crippen LogP contribution >= 0.6 is 11.8 Å². The zero-order valence-corrected chi connectivity index (χ0v) is 21.3. The number of anilines is 1. The lowest BCUT2D eigenvalue weighted by Crippen LogP contribution is -2.25. The normalized spacial score (nSPS) is 12.5. The summed E-state index contributed by atoms with van der Waals surface area (Å²) >= 11 is 1.27. The second-order valence-corrected chi connectivity index (χ2v) is 11.3. The van der Waals surface area contributed by atoms with Crippen LogP contribution in [0, 0.1) is 0 Å². The lowest BCUT2D eigenvalue weighted by Gasteiger charge is -2.18. The van der Waals surface area contributed by atoms with Crippen LogP contribution < -0.4 is 5.32 Å². The number of para-hydroxylation sites is 1. The molecule has 0 aliphatic rings. The summed E-state index contributed by atoms with van der Waals surface area (Å²) in [5.74, 6) is 0.163. The Kier molecular flexibility index (Phi) is 8.68. The Hall–Kier alpha value is -2.91. The molecule has 0 bridgehead atoms. The smallest absolute Gasteiger partial charge is 0.237 e. The molecular formula is C25H30N4O3S2. The quantitative estimate of drug-likeness (QED) is 0.293. The van der Waals surface area contributed by atoms with Crippen molar-refractivity contribution in [3.05, 3.63) is 78.6 Å². The van der Waals surface area contributed by atoms with Gasteiger partial charge in [0.1, 0.15) is 11.6 Å². The van der Waals surface area contributed by atoms with Gasteiger partial charge in [0.25, 0.3) is 0 Å². The predicted molar refractivity (Wildman–Crippen MR) is 137 cm³/mol. The molecule has 1 atom stereocenters. The summed E-state index contributed by atoms with van der Waals surface area (Å²) in [5, 5.41) is 11.5. The molecule has 1 N–H and O–H groups in total. The average molecular weight is 499 g/mol. The van der Waals surface area contributed by atoms with Gasteiger partial charge >= 0.3 is 0 Å². The van der Waals surface area contributed by atoms with Crippen LogP contribution in [0.25, 0.3) is 0 Å². The Morgan fingerprint density at radius 3 is 2.44 bits per heavy atom. The van der Waals surface area contributed by atoms with Crippen LogP contribution in [0.5, 0.6) is 0 Å². The van der Waals surface area contributed by atoms with Gasteiger partial charge in [0.15, 0.2) is 15.0 Å². The van der Waals surface area contributed by atoms with E-state index < -0.39 is 15.1 Å². The van der Waals surface area contributed by atoms with E-state index >= 15 is 0 Å². The number of carbonyl (C=O) groups is 1. The first-order chi connectivity index (χ1) is 16.3. The van der Waals surface area contributed by atoms with Gasteiger partial charge in [0.05, 0.1) is 10.1 Å². The Balaban J connectivity index is 1.82. The van der Waals surface area contributed by atoms with Gasteiger partial charge in [-0.15, -0.1) is 16.8 Å². The number of benzene rings is 2. The minimum absolute atomic E-state index is 0.132. The lowest BCUT2D eigenvalue weighted by molar-refractivity contribution is -0.115. The molecule has 7 nitrogen and oxygen atoms in total. The molecule has 1 aromatic heterocycles. The van der Waals surface area contributed by atoms with Gasteiger partial charge in [0, 0.05) is 12.2 Å². The van der Waals surface area contributed by atoms with Crippen molar-refractivity contribution in [1.82, 2.24) is 14.8 Å². The SMILES string of the molecule is C=CCn1c(CS(=O)(=O)c2ccccc2)nnc1SC(CC)C(=O)Nc1ccccc1C(C)C. The second-order valence-electron chi connectivity index (χ2n) is 8.12. The summed E-state index contributed by atoms with van der Waals surface area (Å²) in [4.78, 5) is 13.3. The summed E-state index contributed by atoms with van der Waals surface area (Å²) in [7, 11) is -3.59. The zero-order valence-electron chi connectivity index (χ0n) is 19.6. The van der Waals surface area contributed by atoms with E-state index in [1.807, 2.05) is 31.2 Å². The first-order valence-corrected chi connectivity index (χ1v) is 13.7. The van der Waals surface area contributed by atoms with Crippen molar-refractivity contribution in [2.75, 3.05) is 5.32 Å². The van der Waals surface area contributed by atoms with Crippen LogP contribution in [-0.4, -0.2) is 34.3 Å². The van der Waals surface area contributed by atoms with Gasteiger partial charge in [-0.25, -0.2) is 8.42 Å². The van der Waals surface area contributed by atoms with Gasteiger partial charge in [-0.05, 0) is 36.1 Å². The molecule has 0 saturated heterocycles. The number of nitrogens with one attached hydrogen (secondary N) is 1. The molecule has 180 valence electrons. The van der Waals surface area contributed by atoms with Crippen LogP contribution in [0.4, 0.5) is 5.69 Å². The van der Waals surface area contributed by atoms with Crippen LogP contribution in [0.15, 0.2) is 77.3 Å². The monoisotopic (exact) mass is 498 g/mol. The Bertz CT molecular complexity index is 1240. The zero-order chi connectivity index (χ0) is 24.7. The minimum Gasteiger partial charge on any atom is -0.325 e. The maximum absolute atomic E-state index is 13.1. The number of nitrogens with zero attached hydrogens (tertiary/aromatic N) is 3. The first-order valence-electron chi connectivity index (χ1n) is 11.1. The van der Waals surface area contributed by atoms with E-state index in [9.17, 15) is 13.2 Å². The molecule has 0 saturated carbocycles. The molecule has 3 aromatic rings. The first kappa shape index (κ1) is 25.7. The summed E-state index contributed by atoms with van der Waals surface area (Å²) in [5.41, 5.74) is 1.86. The molecule has 1 unspecified atom stereocenters. The molecule has 9 heteroatoms. The fourth-order valence-electron chi connectivity index (χ4n) is 3.48. The maximum Gasteiger partial charge on any atom is 0.237 e. The van der Waals surface area contributed by atoms with Crippen LogP contribution in [-0.2, 0) is 26.9 Å². The molecule has 0 aliphatic heterocycles. The largest absolute Gasteiger partial charge is 0.325 e. The molecule has 3 rings (SSSR count). The Labute approximate surface area is 205 Å². The van der Waals surface area contributed by atoms with Crippen molar-refractivity contribution in [3.8, 4) is 0 Å². The van der Waals surface area contributed by atoms with Crippen LogP contribution in [0.2, 0.25) is 0 Å². The molecule has 0 radical (unpaired) electrons. The van der Waals surface area contributed by atoms with E-state index in [2.05, 4.69) is 35.9 Å². The highest BCUT2D eigenvalue weighted by atomic mass is 32.2. The highest BCUT2D eigenvalue weighted by molar-refractivity contribution is 8.00. The van der Waals surface area contributed by atoms with E-state index in [0.717, 1.165) is 11.3 Å². The highest BCUT2D eigenvalue weighted by Gasteiger charge is 2.25. The van der Waals surface area contributed by atoms with Gasteiger partial charge in [-0.3, -0.25) is 4.79 Å². The third kappa shape index (κ3) is 6.15. The predicted octanol–water partition coefficient (Wildman–Crippen LogP) is 5.07. The molecule has 0 fully saturated rings. The Morgan fingerprint density at radius 2 is 1.79 bits per heavy atom. The standard InChI is InChI=1S/C25H30N4O3S2/c1-5-16-29-23(17-34(31,32)19-12-8-7-9-13-19)27-28-25(29)33-22(6-2)24(30)26-21-15-11-10-14-20(21)18(3)4/h5,7-15,18,22H,1,6,16-17H2,2-4H3,(H,26,30). The van der Waals surface area contributed by atoms with Gasteiger partial charge in [-0.2, -0.15) is 0 Å². The summed E-state index contributed by atoms with van der Waals surface area (Å²) in [6.45, 7) is 10.2.